The van der Waals surface area contributed by atoms with Crippen LogP contribution in [-0.4, -0.2) is 36.7 Å². The van der Waals surface area contributed by atoms with E-state index in [-0.39, 0.29) is 16.6 Å². The number of aromatic nitrogens is 1. The zero-order valence-corrected chi connectivity index (χ0v) is 13.6. The first kappa shape index (κ1) is 15.7. The van der Waals surface area contributed by atoms with E-state index >= 15 is 0 Å². The summed E-state index contributed by atoms with van der Waals surface area (Å²) in [5.41, 5.74) is 5.26. The summed E-state index contributed by atoms with van der Waals surface area (Å²) in [4.78, 5) is 15.0. The lowest BCUT2D eigenvalue weighted by atomic mass is 9.99. The minimum atomic E-state index is -3.78. The van der Waals surface area contributed by atoms with Crippen LogP contribution in [0.3, 0.4) is 0 Å². The number of sulfonamides is 1. The second-order valence-electron chi connectivity index (χ2n) is 4.55. The van der Waals surface area contributed by atoms with Crippen molar-refractivity contribution in [1.82, 2.24) is 9.29 Å². The number of piperidine rings is 1. The molecule has 1 fully saturated rings. The van der Waals surface area contributed by atoms with Gasteiger partial charge in [0.1, 0.15) is 10.0 Å². The maximum Gasteiger partial charge on any atom is 0.246 e. The van der Waals surface area contributed by atoms with Gasteiger partial charge in [0.15, 0.2) is 0 Å². The van der Waals surface area contributed by atoms with Gasteiger partial charge < -0.3 is 5.73 Å². The highest BCUT2D eigenvalue weighted by Crippen LogP contribution is 2.28. The van der Waals surface area contributed by atoms with Gasteiger partial charge >= 0.3 is 0 Å². The molecule has 1 aliphatic heterocycles. The normalized spacial score (nSPS) is 20.8. The molecule has 1 aliphatic rings. The van der Waals surface area contributed by atoms with Gasteiger partial charge in [-0.05, 0) is 34.8 Å². The highest BCUT2D eigenvalue weighted by molar-refractivity contribution is 9.10. The third-order valence-electron chi connectivity index (χ3n) is 3.18. The fourth-order valence-electron chi connectivity index (χ4n) is 2.12. The molecule has 1 unspecified atom stereocenters. The number of nitrogens with two attached hydrogens (primary N) is 1. The Morgan fingerprint density at radius 1 is 1.55 bits per heavy atom. The number of hydrogen-bond donors (Lipinski definition) is 1. The molecular formula is C11H13BrClN3O3S. The predicted octanol–water partition coefficient (Wildman–Crippen LogP) is 1.38. The molecule has 9 heteroatoms. The molecule has 1 saturated heterocycles. The van der Waals surface area contributed by atoms with Crippen LogP contribution in [0.2, 0.25) is 5.15 Å². The SMILES string of the molecule is NC(=O)C1CCCN(S(=O)(=O)c2cc(Br)cnc2Cl)C1. The van der Waals surface area contributed by atoms with Crippen LogP contribution in [0.1, 0.15) is 12.8 Å². The van der Waals surface area contributed by atoms with E-state index in [9.17, 15) is 13.2 Å². The average molecular weight is 383 g/mol. The fraction of sp³-hybridized carbons (Fsp3) is 0.455. The summed E-state index contributed by atoms with van der Waals surface area (Å²) in [6.07, 6.45) is 2.61. The standard InChI is InChI=1S/C11H13BrClN3O3S/c12-8-4-9(10(13)15-5-8)20(18,19)16-3-1-2-7(6-16)11(14)17/h4-5,7H,1-3,6H2,(H2,14,17). The van der Waals surface area contributed by atoms with Gasteiger partial charge in [-0.2, -0.15) is 4.31 Å². The molecule has 0 bridgehead atoms. The second-order valence-corrected chi connectivity index (χ2v) is 7.73. The molecule has 20 heavy (non-hydrogen) atoms. The van der Waals surface area contributed by atoms with Gasteiger partial charge in [0.05, 0.1) is 5.92 Å². The molecule has 2 N–H and O–H groups in total. The van der Waals surface area contributed by atoms with Crippen LogP contribution in [0.4, 0.5) is 0 Å². The molecule has 1 aromatic heterocycles. The Morgan fingerprint density at radius 3 is 2.90 bits per heavy atom. The summed E-state index contributed by atoms with van der Waals surface area (Å²) in [5.74, 6) is -0.944. The lowest BCUT2D eigenvalue weighted by Crippen LogP contribution is -2.44. The highest BCUT2D eigenvalue weighted by Gasteiger charge is 2.34. The van der Waals surface area contributed by atoms with E-state index in [1.807, 2.05) is 0 Å². The van der Waals surface area contributed by atoms with Crippen molar-refractivity contribution >= 4 is 43.5 Å². The average Bonchev–Trinajstić information content (AvgIpc) is 2.41. The number of halogens is 2. The lowest BCUT2D eigenvalue weighted by molar-refractivity contribution is -0.122. The van der Waals surface area contributed by atoms with Crippen molar-refractivity contribution in [2.45, 2.75) is 17.7 Å². The second kappa shape index (κ2) is 5.97. The number of amides is 1. The first-order valence-corrected chi connectivity index (χ1v) is 8.54. The van der Waals surface area contributed by atoms with Gasteiger partial charge in [-0.3, -0.25) is 4.79 Å². The van der Waals surface area contributed by atoms with Gasteiger partial charge in [0.25, 0.3) is 0 Å². The monoisotopic (exact) mass is 381 g/mol. The number of pyridine rings is 1. The van der Waals surface area contributed by atoms with E-state index in [1.165, 1.54) is 16.6 Å². The zero-order chi connectivity index (χ0) is 14.9. The number of carbonyl (C=O) groups excluding carboxylic acids is 1. The third kappa shape index (κ3) is 3.13. The first-order chi connectivity index (χ1) is 9.32. The number of rotatable bonds is 3. The van der Waals surface area contributed by atoms with Crippen LogP contribution in [-0.2, 0) is 14.8 Å². The van der Waals surface area contributed by atoms with Crippen molar-refractivity contribution < 1.29 is 13.2 Å². The smallest absolute Gasteiger partial charge is 0.246 e. The van der Waals surface area contributed by atoms with Gasteiger partial charge in [-0.25, -0.2) is 13.4 Å². The summed E-state index contributed by atoms with van der Waals surface area (Å²) in [7, 11) is -3.78. The van der Waals surface area contributed by atoms with E-state index in [1.54, 1.807) is 0 Å². The van der Waals surface area contributed by atoms with Crippen LogP contribution in [0.25, 0.3) is 0 Å². The Morgan fingerprint density at radius 2 is 2.25 bits per heavy atom. The summed E-state index contributed by atoms with van der Waals surface area (Å²) >= 11 is 9.04. The maximum atomic E-state index is 12.6. The van der Waals surface area contributed by atoms with Crippen molar-refractivity contribution in [1.29, 1.82) is 0 Å². The van der Waals surface area contributed by atoms with Crippen LogP contribution < -0.4 is 5.73 Å². The molecule has 6 nitrogen and oxygen atoms in total. The maximum absolute atomic E-state index is 12.6. The molecule has 0 saturated carbocycles. The minimum Gasteiger partial charge on any atom is -0.369 e. The molecule has 1 aromatic rings. The summed E-state index contributed by atoms with van der Waals surface area (Å²) in [5, 5.41) is -0.0885. The molecular weight excluding hydrogens is 370 g/mol. The zero-order valence-electron chi connectivity index (χ0n) is 10.4. The van der Waals surface area contributed by atoms with Crippen molar-refractivity contribution in [2.24, 2.45) is 11.7 Å². The number of primary amides is 1. The van der Waals surface area contributed by atoms with E-state index in [0.717, 1.165) is 0 Å². The first-order valence-electron chi connectivity index (χ1n) is 5.93. The van der Waals surface area contributed by atoms with Crippen LogP contribution >= 0.6 is 27.5 Å². The molecule has 0 spiro atoms. The van der Waals surface area contributed by atoms with Crippen LogP contribution in [0.5, 0.6) is 0 Å². The topological polar surface area (TPSA) is 93.4 Å². The summed E-state index contributed by atoms with van der Waals surface area (Å²) < 4.78 is 26.9. The van der Waals surface area contributed by atoms with E-state index < -0.39 is 21.8 Å². The van der Waals surface area contributed by atoms with E-state index in [2.05, 4.69) is 20.9 Å². The number of hydrogen-bond acceptors (Lipinski definition) is 4. The summed E-state index contributed by atoms with van der Waals surface area (Å²) in [6.45, 7) is 0.426. The Kier molecular flexibility index (Phi) is 4.68. The highest BCUT2D eigenvalue weighted by atomic mass is 79.9. The Bertz CT molecular complexity index is 638. The Hall–Kier alpha value is -0.700. The Balaban J connectivity index is 2.35. The van der Waals surface area contributed by atoms with Crippen LogP contribution in [0.15, 0.2) is 21.6 Å². The van der Waals surface area contributed by atoms with Gasteiger partial charge in [0.2, 0.25) is 15.9 Å². The quantitative estimate of drug-likeness (QED) is 0.799. The summed E-state index contributed by atoms with van der Waals surface area (Å²) in [6, 6.07) is 1.40. The molecule has 2 heterocycles. The van der Waals surface area contributed by atoms with E-state index in [4.69, 9.17) is 17.3 Å². The number of carbonyl (C=O) groups is 1. The van der Waals surface area contributed by atoms with E-state index in [0.29, 0.717) is 23.9 Å². The van der Waals surface area contributed by atoms with Crippen molar-refractivity contribution in [3.05, 3.63) is 21.9 Å². The third-order valence-corrected chi connectivity index (χ3v) is 5.90. The van der Waals surface area contributed by atoms with Gasteiger partial charge in [-0.15, -0.1) is 0 Å². The molecule has 1 atom stereocenters. The number of nitrogens with zero attached hydrogens (tertiary/aromatic N) is 2. The van der Waals surface area contributed by atoms with Gasteiger partial charge in [0, 0.05) is 23.8 Å². The van der Waals surface area contributed by atoms with Crippen molar-refractivity contribution in [3.8, 4) is 0 Å². The van der Waals surface area contributed by atoms with Gasteiger partial charge in [-0.1, -0.05) is 11.6 Å². The Labute approximate surface area is 130 Å². The predicted molar refractivity (Wildman–Crippen MR) is 77.6 cm³/mol. The molecule has 0 radical (unpaired) electrons. The molecule has 2 rings (SSSR count). The molecule has 0 aromatic carbocycles. The molecule has 110 valence electrons. The molecule has 0 aliphatic carbocycles. The van der Waals surface area contributed by atoms with Crippen molar-refractivity contribution in [2.75, 3.05) is 13.1 Å². The fourth-order valence-corrected chi connectivity index (χ4v) is 4.56. The minimum absolute atomic E-state index is 0.0707. The van der Waals surface area contributed by atoms with Crippen LogP contribution in [0, 0.1) is 5.92 Å². The molecule has 1 amide bonds. The lowest BCUT2D eigenvalue weighted by Gasteiger charge is -2.30. The largest absolute Gasteiger partial charge is 0.369 e. The van der Waals surface area contributed by atoms with Crippen molar-refractivity contribution in [3.63, 3.8) is 0 Å².